The van der Waals surface area contributed by atoms with E-state index < -0.39 is 0 Å². The molecule has 2 aromatic heterocycles. The van der Waals surface area contributed by atoms with Crippen LogP contribution >= 0.6 is 0 Å². The molecule has 2 rings (SSSR count). The number of carbonyl (C=O) groups excluding carboxylic acids is 1. The molecule has 0 spiro atoms. The fourth-order valence-electron chi connectivity index (χ4n) is 1.27. The standard InChI is InChI=1S/C9H10N4O/c1-6-10-9-4-3-8(11-7(2)14)5-13(9)12-6/h3-5H,1-2H3,(H,11,14). The number of amides is 1. The molecule has 5 heteroatoms. The van der Waals surface area contributed by atoms with Crippen LogP contribution in [0.1, 0.15) is 12.7 Å². The number of pyridine rings is 1. The number of anilines is 1. The van der Waals surface area contributed by atoms with Crippen molar-refractivity contribution in [3.05, 3.63) is 24.2 Å². The van der Waals surface area contributed by atoms with Crippen LogP contribution in [0, 0.1) is 6.92 Å². The highest BCUT2D eigenvalue weighted by Crippen LogP contribution is 2.08. The Labute approximate surface area is 80.8 Å². The van der Waals surface area contributed by atoms with Gasteiger partial charge in [0.2, 0.25) is 5.91 Å². The third kappa shape index (κ3) is 1.56. The highest BCUT2D eigenvalue weighted by atomic mass is 16.1. The van der Waals surface area contributed by atoms with Gasteiger partial charge in [-0.05, 0) is 19.1 Å². The number of nitrogens with zero attached hydrogens (tertiary/aromatic N) is 3. The monoisotopic (exact) mass is 190 g/mol. The van der Waals surface area contributed by atoms with E-state index in [0.717, 1.165) is 11.3 Å². The molecule has 5 nitrogen and oxygen atoms in total. The van der Waals surface area contributed by atoms with E-state index in [1.165, 1.54) is 6.92 Å². The summed E-state index contributed by atoms with van der Waals surface area (Å²) in [6.07, 6.45) is 1.73. The molecule has 0 bridgehead atoms. The second-order valence-electron chi connectivity index (χ2n) is 3.06. The number of aryl methyl sites for hydroxylation is 1. The molecular weight excluding hydrogens is 180 g/mol. The van der Waals surface area contributed by atoms with Crippen molar-refractivity contribution in [3.63, 3.8) is 0 Å². The van der Waals surface area contributed by atoms with Gasteiger partial charge in [0.1, 0.15) is 5.82 Å². The third-order valence-electron chi connectivity index (χ3n) is 1.76. The van der Waals surface area contributed by atoms with E-state index in [1.54, 1.807) is 16.8 Å². The summed E-state index contributed by atoms with van der Waals surface area (Å²) in [6.45, 7) is 3.29. The van der Waals surface area contributed by atoms with Crippen LogP contribution in [0.25, 0.3) is 5.65 Å². The molecule has 0 unspecified atom stereocenters. The molecule has 1 N–H and O–H groups in total. The Bertz CT molecular complexity index is 489. The molecule has 0 atom stereocenters. The molecule has 0 aliphatic heterocycles. The zero-order chi connectivity index (χ0) is 10.1. The number of aromatic nitrogens is 3. The van der Waals surface area contributed by atoms with Crippen molar-refractivity contribution in [2.75, 3.05) is 5.32 Å². The van der Waals surface area contributed by atoms with Crippen molar-refractivity contribution >= 4 is 17.2 Å². The molecule has 1 amide bonds. The Morgan fingerprint density at radius 2 is 2.29 bits per heavy atom. The van der Waals surface area contributed by atoms with Gasteiger partial charge in [-0.1, -0.05) is 0 Å². The number of hydrogen-bond acceptors (Lipinski definition) is 3. The van der Waals surface area contributed by atoms with Gasteiger partial charge in [0.25, 0.3) is 0 Å². The third-order valence-corrected chi connectivity index (χ3v) is 1.76. The molecule has 2 heterocycles. The summed E-state index contributed by atoms with van der Waals surface area (Å²) < 4.78 is 1.64. The first kappa shape index (κ1) is 8.68. The first-order valence-electron chi connectivity index (χ1n) is 4.26. The van der Waals surface area contributed by atoms with E-state index in [9.17, 15) is 4.79 Å². The minimum Gasteiger partial charge on any atom is -0.325 e. The summed E-state index contributed by atoms with van der Waals surface area (Å²) in [5.41, 5.74) is 1.49. The van der Waals surface area contributed by atoms with Crippen LogP contribution < -0.4 is 5.32 Å². The second kappa shape index (κ2) is 3.10. The van der Waals surface area contributed by atoms with E-state index >= 15 is 0 Å². The van der Waals surface area contributed by atoms with Gasteiger partial charge in [0, 0.05) is 6.92 Å². The average molecular weight is 190 g/mol. The van der Waals surface area contributed by atoms with Crippen molar-refractivity contribution in [2.45, 2.75) is 13.8 Å². The van der Waals surface area contributed by atoms with E-state index in [4.69, 9.17) is 0 Å². The molecule has 72 valence electrons. The lowest BCUT2D eigenvalue weighted by Crippen LogP contribution is -2.06. The lowest BCUT2D eigenvalue weighted by atomic mass is 10.4. The lowest BCUT2D eigenvalue weighted by molar-refractivity contribution is -0.114. The first-order valence-corrected chi connectivity index (χ1v) is 4.26. The molecule has 0 aliphatic carbocycles. The minimum absolute atomic E-state index is 0.0961. The van der Waals surface area contributed by atoms with Crippen LogP contribution in [-0.4, -0.2) is 20.5 Å². The Morgan fingerprint density at radius 3 is 3.00 bits per heavy atom. The SMILES string of the molecule is CC(=O)Nc1ccc2nc(C)nn2c1. The number of fused-ring (bicyclic) bond motifs is 1. The van der Waals surface area contributed by atoms with Gasteiger partial charge in [0.05, 0.1) is 11.9 Å². The fourth-order valence-corrected chi connectivity index (χ4v) is 1.27. The van der Waals surface area contributed by atoms with Crippen molar-refractivity contribution in [3.8, 4) is 0 Å². The Hall–Kier alpha value is -1.91. The number of hydrogen-bond donors (Lipinski definition) is 1. The second-order valence-corrected chi connectivity index (χ2v) is 3.06. The Balaban J connectivity index is 2.45. The molecule has 14 heavy (non-hydrogen) atoms. The van der Waals surface area contributed by atoms with E-state index in [0.29, 0.717) is 5.82 Å². The molecule has 0 saturated heterocycles. The highest BCUT2D eigenvalue weighted by molar-refractivity contribution is 5.88. The van der Waals surface area contributed by atoms with Gasteiger partial charge in [-0.2, -0.15) is 5.10 Å². The fraction of sp³-hybridized carbons (Fsp3) is 0.222. The summed E-state index contributed by atoms with van der Waals surface area (Å²) >= 11 is 0. The van der Waals surface area contributed by atoms with Crippen LogP contribution in [0.5, 0.6) is 0 Å². The van der Waals surface area contributed by atoms with Crippen molar-refractivity contribution in [1.82, 2.24) is 14.6 Å². The smallest absolute Gasteiger partial charge is 0.221 e. The van der Waals surface area contributed by atoms with Crippen LogP contribution in [0.15, 0.2) is 18.3 Å². The topological polar surface area (TPSA) is 59.3 Å². The molecule has 0 aromatic carbocycles. The summed E-state index contributed by atoms with van der Waals surface area (Å²) in [5, 5.41) is 6.81. The predicted molar refractivity (Wildman–Crippen MR) is 52.0 cm³/mol. The Kier molecular flexibility index (Phi) is 1.92. The zero-order valence-corrected chi connectivity index (χ0v) is 7.98. The van der Waals surface area contributed by atoms with Gasteiger partial charge in [-0.3, -0.25) is 4.79 Å². The van der Waals surface area contributed by atoms with Crippen LogP contribution in [-0.2, 0) is 4.79 Å². The molecule has 0 saturated carbocycles. The first-order chi connectivity index (χ1) is 6.65. The Morgan fingerprint density at radius 1 is 1.50 bits per heavy atom. The maximum atomic E-state index is 10.8. The molecule has 0 radical (unpaired) electrons. The number of nitrogens with one attached hydrogen (secondary N) is 1. The van der Waals surface area contributed by atoms with Crippen molar-refractivity contribution in [1.29, 1.82) is 0 Å². The normalized spacial score (nSPS) is 10.4. The summed E-state index contributed by atoms with van der Waals surface area (Å²) in [6, 6.07) is 3.61. The molecule has 0 fully saturated rings. The maximum Gasteiger partial charge on any atom is 0.221 e. The summed E-state index contributed by atoms with van der Waals surface area (Å²) in [7, 11) is 0. The number of rotatable bonds is 1. The van der Waals surface area contributed by atoms with Gasteiger partial charge in [-0.15, -0.1) is 0 Å². The molecule has 2 aromatic rings. The molecular formula is C9H10N4O. The lowest BCUT2D eigenvalue weighted by Gasteiger charge is -2.00. The van der Waals surface area contributed by atoms with Gasteiger partial charge >= 0.3 is 0 Å². The average Bonchev–Trinajstić information content (AvgIpc) is 2.42. The van der Waals surface area contributed by atoms with Gasteiger partial charge in [-0.25, -0.2) is 9.50 Å². The van der Waals surface area contributed by atoms with Crippen LogP contribution in [0.4, 0.5) is 5.69 Å². The van der Waals surface area contributed by atoms with Crippen LogP contribution in [0.3, 0.4) is 0 Å². The minimum atomic E-state index is -0.0961. The van der Waals surface area contributed by atoms with E-state index in [-0.39, 0.29) is 5.91 Å². The van der Waals surface area contributed by atoms with E-state index in [2.05, 4.69) is 15.4 Å². The highest BCUT2D eigenvalue weighted by Gasteiger charge is 2.00. The van der Waals surface area contributed by atoms with Crippen molar-refractivity contribution in [2.24, 2.45) is 0 Å². The predicted octanol–water partition coefficient (Wildman–Crippen LogP) is 0.996. The summed E-state index contributed by atoms with van der Waals surface area (Å²) in [4.78, 5) is 15.0. The number of carbonyl (C=O) groups is 1. The largest absolute Gasteiger partial charge is 0.325 e. The van der Waals surface area contributed by atoms with Crippen molar-refractivity contribution < 1.29 is 4.79 Å². The van der Waals surface area contributed by atoms with Crippen LogP contribution in [0.2, 0.25) is 0 Å². The maximum absolute atomic E-state index is 10.8. The quantitative estimate of drug-likeness (QED) is 0.729. The van der Waals surface area contributed by atoms with E-state index in [1.807, 2.05) is 13.0 Å². The van der Waals surface area contributed by atoms with Gasteiger partial charge < -0.3 is 5.32 Å². The summed E-state index contributed by atoms with van der Waals surface area (Å²) in [5.74, 6) is 0.617. The molecule has 0 aliphatic rings. The zero-order valence-electron chi connectivity index (χ0n) is 7.98. The van der Waals surface area contributed by atoms with Gasteiger partial charge in [0.15, 0.2) is 5.65 Å².